The van der Waals surface area contributed by atoms with Crippen LogP contribution in [-0.4, -0.2) is 12.2 Å². The molecule has 1 aromatic rings. The van der Waals surface area contributed by atoms with Crippen molar-refractivity contribution in [3.8, 4) is 0 Å². The minimum absolute atomic E-state index is 0.0979. The second-order valence-electron chi connectivity index (χ2n) is 5.58. The van der Waals surface area contributed by atoms with Crippen LogP contribution in [0.4, 0.5) is 0 Å². The molecular weight excluding hydrogens is 224 g/mol. The van der Waals surface area contributed by atoms with E-state index in [1.807, 2.05) is 0 Å². The average molecular weight is 248 g/mol. The smallest absolute Gasteiger partial charge is 0.0716 e. The Morgan fingerprint density at radius 3 is 2.50 bits per heavy atom. The molecule has 1 aliphatic rings. The van der Waals surface area contributed by atoms with Gasteiger partial charge in [0.1, 0.15) is 0 Å². The van der Waals surface area contributed by atoms with Crippen molar-refractivity contribution in [1.29, 1.82) is 0 Å². The summed E-state index contributed by atoms with van der Waals surface area (Å²) in [6.07, 6.45) is 5.27. The highest BCUT2D eigenvalue weighted by Crippen LogP contribution is 2.36. The number of hydrogen-bond acceptors (Lipinski definition) is 2. The number of aliphatic hydroxyl groups excluding tert-OH is 1. The van der Waals surface area contributed by atoms with E-state index in [2.05, 4.69) is 25.1 Å². The van der Waals surface area contributed by atoms with Crippen LogP contribution >= 0.6 is 0 Å². The first-order valence-corrected chi connectivity index (χ1v) is 6.96. The molecule has 1 fully saturated rings. The summed E-state index contributed by atoms with van der Waals surface area (Å²) in [6, 6.07) is 6.47. The summed E-state index contributed by atoms with van der Waals surface area (Å²) in [5, 5.41) is 9.33. The zero-order chi connectivity index (χ0) is 13.0. The molecule has 0 atom stereocenters. The lowest BCUT2D eigenvalue weighted by atomic mass is 9.79. The Labute approximate surface area is 110 Å². The molecule has 2 rings (SSSR count). The summed E-state index contributed by atoms with van der Waals surface area (Å²) in [7, 11) is 1.70. The molecule has 2 nitrogen and oxygen atoms in total. The number of rotatable bonds is 4. The van der Waals surface area contributed by atoms with Crippen molar-refractivity contribution in [2.24, 2.45) is 5.92 Å². The van der Waals surface area contributed by atoms with Crippen LogP contribution in [0, 0.1) is 5.92 Å². The molecule has 0 saturated heterocycles. The summed E-state index contributed by atoms with van der Waals surface area (Å²) in [6.45, 7) is 3.04. The summed E-state index contributed by atoms with van der Waals surface area (Å²) < 4.78 is 5.22. The monoisotopic (exact) mass is 248 g/mol. The number of benzene rings is 1. The fourth-order valence-corrected chi connectivity index (χ4v) is 2.94. The molecular formula is C16H24O2. The van der Waals surface area contributed by atoms with Gasteiger partial charge in [0.2, 0.25) is 0 Å². The van der Waals surface area contributed by atoms with E-state index in [-0.39, 0.29) is 6.61 Å². The molecule has 0 aliphatic heterocycles. The normalized spacial score (nSPS) is 24.2. The van der Waals surface area contributed by atoms with Crippen molar-refractivity contribution < 1.29 is 9.84 Å². The van der Waals surface area contributed by atoms with Gasteiger partial charge in [-0.2, -0.15) is 0 Å². The van der Waals surface area contributed by atoms with E-state index in [1.165, 1.54) is 31.2 Å². The third-order valence-electron chi connectivity index (χ3n) is 4.19. The second-order valence-corrected chi connectivity index (χ2v) is 5.58. The largest absolute Gasteiger partial charge is 0.392 e. The van der Waals surface area contributed by atoms with Gasteiger partial charge in [-0.3, -0.25) is 0 Å². The van der Waals surface area contributed by atoms with Crippen molar-refractivity contribution in [3.05, 3.63) is 34.9 Å². The number of hydrogen-bond donors (Lipinski definition) is 1. The van der Waals surface area contributed by atoms with E-state index in [1.54, 1.807) is 7.11 Å². The van der Waals surface area contributed by atoms with Gasteiger partial charge in [0.05, 0.1) is 13.2 Å². The van der Waals surface area contributed by atoms with Crippen LogP contribution in [0.5, 0.6) is 0 Å². The third-order valence-corrected chi connectivity index (χ3v) is 4.19. The maximum Gasteiger partial charge on any atom is 0.0716 e. The fraction of sp³-hybridized carbons (Fsp3) is 0.625. The predicted octanol–water partition coefficient (Wildman–Crippen LogP) is 3.62. The van der Waals surface area contributed by atoms with Crippen molar-refractivity contribution in [3.63, 3.8) is 0 Å². The Bertz CT molecular complexity index is 379. The van der Waals surface area contributed by atoms with Gasteiger partial charge < -0.3 is 9.84 Å². The number of methoxy groups -OCH3 is 1. The predicted molar refractivity (Wildman–Crippen MR) is 73.5 cm³/mol. The standard InChI is InChI=1S/C16H24O2/c1-12-3-5-13(6-4-12)14-7-8-15(10-17)16(9-14)11-18-2/h7-9,12-13,17H,3-6,10-11H2,1-2H3. The van der Waals surface area contributed by atoms with E-state index in [9.17, 15) is 5.11 Å². The van der Waals surface area contributed by atoms with Crippen LogP contribution in [0.25, 0.3) is 0 Å². The van der Waals surface area contributed by atoms with Gasteiger partial charge in [-0.05, 0) is 41.4 Å². The van der Waals surface area contributed by atoms with E-state index in [0.29, 0.717) is 12.5 Å². The van der Waals surface area contributed by atoms with Crippen LogP contribution in [0.15, 0.2) is 18.2 Å². The minimum Gasteiger partial charge on any atom is -0.392 e. The first-order valence-electron chi connectivity index (χ1n) is 6.96. The lowest BCUT2D eigenvalue weighted by Gasteiger charge is -2.27. The van der Waals surface area contributed by atoms with Gasteiger partial charge >= 0.3 is 0 Å². The van der Waals surface area contributed by atoms with Gasteiger partial charge in [-0.15, -0.1) is 0 Å². The van der Waals surface area contributed by atoms with Gasteiger partial charge in [0.25, 0.3) is 0 Å². The van der Waals surface area contributed by atoms with Crippen molar-refractivity contribution in [2.45, 2.75) is 51.7 Å². The molecule has 18 heavy (non-hydrogen) atoms. The molecule has 1 aromatic carbocycles. The summed E-state index contributed by atoms with van der Waals surface area (Å²) >= 11 is 0. The van der Waals surface area contributed by atoms with Gasteiger partial charge in [-0.25, -0.2) is 0 Å². The summed E-state index contributed by atoms with van der Waals surface area (Å²) in [5.74, 6) is 1.58. The SMILES string of the molecule is COCc1cc(C2CCC(C)CC2)ccc1CO. The van der Waals surface area contributed by atoms with E-state index in [0.717, 1.165) is 17.0 Å². The molecule has 0 bridgehead atoms. The highest BCUT2D eigenvalue weighted by molar-refractivity contribution is 5.33. The highest BCUT2D eigenvalue weighted by atomic mass is 16.5. The van der Waals surface area contributed by atoms with Crippen LogP contribution in [0.1, 0.15) is 55.2 Å². The van der Waals surface area contributed by atoms with Gasteiger partial charge in [0.15, 0.2) is 0 Å². The highest BCUT2D eigenvalue weighted by Gasteiger charge is 2.20. The number of aliphatic hydroxyl groups is 1. The molecule has 0 radical (unpaired) electrons. The maximum atomic E-state index is 9.33. The van der Waals surface area contributed by atoms with Gasteiger partial charge in [-0.1, -0.05) is 38.0 Å². The fourth-order valence-electron chi connectivity index (χ4n) is 2.94. The van der Waals surface area contributed by atoms with Crippen LogP contribution < -0.4 is 0 Å². The zero-order valence-electron chi connectivity index (χ0n) is 11.5. The first-order chi connectivity index (χ1) is 8.74. The number of ether oxygens (including phenoxy) is 1. The molecule has 1 N–H and O–H groups in total. The van der Waals surface area contributed by atoms with Crippen molar-refractivity contribution in [2.75, 3.05) is 7.11 Å². The Hall–Kier alpha value is -0.860. The molecule has 100 valence electrons. The molecule has 1 saturated carbocycles. The summed E-state index contributed by atoms with van der Waals surface area (Å²) in [4.78, 5) is 0. The topological polar surface area (TPSA) is 29.5 Å². The van der Waals surface area contributed by atoms with E-state index < -0.39 is 0 Å². The maximum absolute atomic E-state index is 9.33. The third kappa shape index (κ3) is 3.12. The first kappa shape index (κ1) is 13.6. The molecule has 0 spiro atoms. The Kier molecular flexibility index (Phi) is 4.79. The van der Waals surface area contributed by atoms with Crippen molar-refractivity contribution in [1.82, 2.24) is 0 Å². The van der Waals surface area contributed by atoms with Crippen LogP contribution in [0.2, 0.25) is 0 Å². The van der Waals surface area contributed by atoms with Crippen LogP contribution in [0.3, 0.4) is 0 Å². The molecule has 0 amide bonds. The lowest BCUT2D eigenvalue weighted by molar-refractivity contribution is 0.181. The second kappa shape index (κ2) is 6.35. The molecule has 2 heteroatoms. The van der Waals surface area contributed by atoms with Crippen molar-refractivity contribution >= 4 is 0 Å². The zero-order valence-corrected chi connectivity index (χ0v) is 11.5. The summed E-state index contributed by atoms with van der Waals surface area (Å²) in [5.41, 5.74) is 3.55. The van der Waals surface area contributed by atoms with E-state index >= 15 is 0 Å². The minimum atomic E-state index is 0.0979. The van der Waals surface area contributed by atoms with Crippen LogP contribution in [-0.2, 0) is 18.0 Å². The average Bonchev–Trinajstić information content (AvgIpc) is 2.40. The lowest BCUT2D eigenvalue weighted by Crippen LogP contribution is -2.11. The Balaban J connectivity index is 2.15. The quantitative estimate of drug-likeness (QED) is 0.882. The Morgan fingerprint density at radius 1 is 1.17 bits per heavy atom. The Morgan fingerprint density at radius 2 is 1.89 bits per heavy atom. The van der Waals surface area contributed by atoms with E-state index in [4.69, 9.17) is 4.74 Å². The molecule has 0 aromatic heterocycles. The molecule has 0 unspecified atom stereocenters. The molecule has 1 aliphatic carbocycles. The van der Waals surface area contributed by atoms with Gasteiger partial charge in [0, 0.05) is 7.11 Å². The molecule has 0 heterocycles.